The fourth-order valence-electron chi connectivity index (χ4n) is 6.54. The molecule has 0 aliphatic carbocycles. The van der Waals surface area contributed by atoms with Crippen molar-refractivity contribution in [3.05, 3.63) is 16.7 Å². The van der Waals surface area contributed by atoms with E-state index >= 15 is 4.39 Å². The highest BCUT2D eigenvalue weighted by Gasteiger charge is 2.49. The van der Waals surface area contributed by atoms with Crippen molar-refractivity contribution < 1.29 is 13.5 Å². The third-order valence-electron chi connectivity index (χ3n) is 8.32. The topological polar surface area (TPSA) is 66.4 Å². The molecule has 4 aliphatic rings. The van der Waals surface area contributed by atoms with Crippen molar-refractivity contribution in [3.63, 3.8) is 0 Å². The molecule has 5 atom stereocenters. The van der Waals surface area contributed by atoms with Crippen LogP contribution in [0.15, 0.2) is 0 Å². The lowest BCUT2D eigenvalue weighted by atomic mass is 9.95. The lowest BCUT2D eigenvalue weighted by molar-refractivity contribution is 0.107. The number of pyridine rings is 1. The molecule has 184 valence electrons. The Hall–Kier alpha value is -1.84. The highest BCUT2D eigenvalue weighted by Crippen LogP contribution is 2.43. The van der Waals surface area contributed by atoms with Gasteiger partial charge in [0.2, 0.25) is 0 Å². The smallest absolute Gasteiger partial charge is 0.319 e. The van der Waals surface area contributed by atoms with Crippen LogP contribution in [0.2, 0.25) is 5.15 Å². The minimum absolute atomic E-state index is 0.0793. The number of hydrogen-bond acceptors (Lipinski definition) is 7. The van der Waals surface area contributed by atoms with E-state index in [2.05, 4.69) is 38.9 Å². The molecule has 0 bridgehead atoms. The summed E-state index contributed by atoms with van der Waals surface area (Å²) < 4.78 is 35.7. The van der Waals surface area contributed by atoms with Gasteiger partial charge in [0, 0.05) is 44.1 Å². The third-order valence-corrected chi connectivity index (χ3v) is 8.57. The first-order valence-electron chi connectivity index (χ1n) is 12.5. The highest BCUT2D eigenvalue weighted by molar-refractivity contribution is 6.30. The summed E-state index contributed by atoms with van der Waals surface area (Å²) in [5.74, 6) is 0.102. The summed E-state index contributed by atoms with van der Waals surface area (Å²) in [5.41, 5.74) is 0.567. The maximum Gasteiger partial charge on any atom is 0.319 e. The molecule has 2 aromatic rings. The lowest BCUT2D eigenvalue weighted by Gasteiger charge is -2.41. The second kappa shape index (κ2) is 8.38. The Bertz CT molecular complexity index is 1120. The zero-order valence-electron chi connectivity index (χ0n) is 19.7. The van der Waals surface area contributed by atoms with Crippen LogP contribution in [0.3, 0.4) is 0 Å². The number of piperazine rings is 1. The van der Waals surface area contributed by atoms with E-state index < -0.39 is 12.0 Å². The van der Waals surface area contributed by atoms with Crippen molar-refractivity contribution in [1.82, 2.24) is 25.2 Å². The lowest BCUT2D eigenvalue weighted by Crippen LogP contribution is -2.56. The van der Waals surface area contributed by atoms with Gasteiger partial charge in [0.25, 0.3) is 0 Å². The van der Waals surface area contributed by atoms with E-state index in [9.17, 15) is 4.39 Å². The van der Waals surface area contributed by atoms with Crippen molar-refractivity contribution in [2.45, 2.75) is 75.7 Å². The second-order valence-corrected chi connectivity index (χ2v) is 10.8. The predicted molar refractivity (Wildman–Crippen MR) is 127 cm³/mol. The fraction of sp³-hybridized carbons (Fsp3) is 0.708. The number of rotatable bonds is 4. The fourth-order valence-corrected chi connectivity index (χ4v) is 6.72. The first-order valence-corrected chi connectivity index (χ1v) is 12.8. The van der Waals surface area contributed by atoms with Crippen LogP contribution in [0.1, 0.15) is 57.6 Å². The van der Waals surface area contributed by atoms with E-state index in [-0.39, 0.29) is 34.2 Å². The molecule has 10 heteroatoms. The van der Waals surface area contributed by atoms with Crippen molar-refractivity contribution in [1.29, 1.82) is 0 Å². The largest absolute Gasteiger partial charge is 0.461 e. The molecular formula is C24H31ClF2N6O. The maximum absolute atomic E-state index is 15.3. The molecule has 0 amide bonds. The van der Waals surface area contributed by atoms with Gasteiger partial charge in [-0.1, -0.05) is 25.4 Å². The van der Waals surface area contributed by atoms with Crippen LogP contribution in [0.4, 0.5) is 14.6 Å². The van der Waals surface area contributed by atoms with E-state index in [0.29, 0.717) is 36.8 Å². The Balaban J connectivity index is 1.44. The molecule has 6 heterocycles. The average Bonchev–Trinajstić information content (AvgIpc) is 3.31. The van der Waals surface area contributed by atoms with Crippen molar-refractivity contribution >= 4 is 28.3 Å². The van der Waals surface area contributed by atoms with Crippen LogP contribution < -0.4 is 15.0 Å². The van der Waals surface area contributed by atoms with Gasteiger partial charge in [0.15, 0.2) is 11.0 Å². The van der Waals surface area contributed by atoms with Crippen molar-refractivity contribution in [2.24, 2.45) is 0 Å². The second-order valence-electron chi connectivity index (χ2n) is 10.5. The quantitative estimate of drug-likeness (QED) is 0.650. The summed E-state index contributed by atoms with van der Waals surface area (Å²) in [7, 11) is 0. The van der Waals surface area contributed by atoms with Gasteiger partial charge in [-0.25, -0.2) is 13.8 Å². The van der Waals surface area contributed by atoms with E-state index in [1.54, 1.807) is 0 Å². The van der Waals surface area contributed by atoms with Crippen LogP contribution in [0.25, 0.3) is 10.9 Å². The van der Waals surface area contributed by atoms with Gasteiger partial charge in [-0.05, 0) is 32.2 Å². The summed E-state index contributed by atoms with van der Waals surface area (Å²) in [6, 6.07) is 0.641. The van der Waals surface area contributed by atoms with Gasteiger partial charge in [-0.2, -0.15) is 9.97 Å². The molecule has 4 aliphatic heterocycles. The summed E-state index contributed by atoms with van der Waals surface area (Å²) >= 11 is 6.22. The molecule has 0 saturated carbocycles. The van der Waals surface area contributed by atoms with E-state index in [0.717, 1.165) is 51.0 Å². The monoisotopic (exact) mass is 492 g/mol. The predicted octanol–water partition coefficient (Wildman–Crippen LogP) is 3.84. The van der Waals surface area contributed by atoms with Crippen LogP contribution in [0.5, 0.6) is 6.01 Å². The van der Waals surface area contributed by atoms with Gasteiger partial charge in [0.1, 0.15) is 24.1 Å². The molecule has 2 aromatic heterocycles. The number of nitrogens with zero attached hydrogens (tertiary/aromatic N) is 5. The number of nitrogens with one attached hydrogen (secondary N) is 1. The molecule has 1 N–H and O–H groups in total. The van der Waals surface area contributed by atoms with Gasteiger partial charge < -0.3 is 15.0 Å². The Morgan fingerprint density at radius 2 is 2.12 bits per heavy atom. The SMILES string of the molecule is CC[C@@H]1CN2c3nc(OC[C@@]45CCCN4C[C@H](F)C5)nc4c(F)c(Cl)nc(c34)[C@@H](C)C[C@@H]2CN1. The molecule has 6 rings (SSSR count). The molecular weight excluding hydrogens is 462 g/mol. The maximum atomic E-state index is 15.3. The summed E-state index contributed by atoms with van der Waals surface area (Å²) in [4.78, 5) is 18.2. The van der Waals surface area contributed by atoms with Crippen LogP contribution in [0, 0.1) is 5.82 Å². The number of halogens is 3. The van der Waals surface area contributed by atoms with E-state index in [4.69, 9.17) is 21.3 Å². The molecule has 0 unspecified atom stereocenters. The Morgan fingerprint density at radius 3 is 2.94 bits per heavy atom. The van der Waals surface area contributed by atoms with Crippen molar-refractivity contribution in [2.75, 3.05) is 37.7 Å². The highest BCUT2D eigenvalue weighted by atomic mass is 35.5. The molecule has 3 fully saturated rings. The Morgan fingerprint density at radius 1 is 1.26 bits per heavy atom. The Labute approximate surface area is 203 Å². The number of alkyl halides is 1. The van der Waals surface area contributed by atoms with Gasteiger partial charge in [-0.15, -0.1) is 0 Å². The van der Waals surface area contributed by atoms with Crippen LogP contribution in [-0.2, 0) is 0 Å². The van der Waals surface area contributed by atoms with Crippen LogP contribution >= 0.6 is 11.6 Å². The zero-order valence-corrected chi connectivity index (χ0v) is 20.4. The molecule has 7 nitrogen and oxygen atoms in total. The summed E-state index contributed by atoms with van der Waals surface area (Å²) in [5, 5.41) is 4.08. The third kappa shape index (κ3) is 3.54. The van der Waals surface area contributed by atoms with Crippen LogP contribution in [-0.4, -0.2) is 76.4 Å². The first kappa shape index (κ1) is 22.6. The minimum Gasteiger partial charge on any atom is -0.461 e. The average molecular weight is 493 g/mol. The Kier molecular flexibility index (Phi) is 5.57. The number of fused-ring (bicyclic) bond motifs is 3. The molecule has 34 heavy (non-hydrogen) atoms. The number of anilines is 1. The number of ether oxygens (including phenoxy) is 1. The van der Waals surface area contributed by atoms with Gasteiger partial charge in [-0.3, -0.25) is 4.90 Å². The minimum atomic E-state index is -0.843. The normalized spacial score (nSPS) is 33.1. The molecule has 0 radical (unpaired) electrons. The molecule has 0 aromatic carbocycles. The standard InChI is InChI=1S/C24H31ClF2N6O/c1-3-15-11-33-16(9-28-15)7-13(2)19-17-20(18(27)21(25)29-19)30-23(31-22(17)33)34-12-24-5-4-6-32(24)10-14(26)8-24/h13-16,28H,3-12H2,1-2H3/t13-,14+,15+,16+,24-/m0/s1. The zero-order chi connectivity index (χ0) is 23.6. The number of hydrogen-bond donors (Lipinski definition) is 1. The van der Waals surface area contributed by atoms with Gasteiger partial charge >= 0.3 is 6.01 Å². The van der Waals surface area contributed by atoms with E-state index in [1.807, 2.05) is 0 Å². The summed E-state index contributed by atoms with van der Waals surface area (Å²) in [6.45, 7) is 7.47. The van der Waals surface area contributed by atoms with Crippen molar-refractivity contribution in [3.8, 4) is 6.01 Å². The molecule has 3 saturated heterocycles. The van der Waals surface area contributed by atoms with E-state index in [1.165, 1.54) is 0 Å². The van der Waals surface area contributed by atoms with Gasteiger partial charge in [0.05, 0.1) is 16.6 Å². The first-order chi connectivity index (χ1) is 16.4. The summed E-state index contributed by atoms with van der Waals surface area (Å²) in [6.07, 6.45) is 3.37. The molecule has 0 spiro atoms. The number of aromatic nitrogens is 3.